The molecule has 3 aromatic rings. The lowest BCUT2D eigenvalue weighted by Gasteiger charge is -2.07. The van der Waals surface area contributed by atoms with Crippen LogP contribution in [-0.2, 0) is 0 Å². The van der Waals surface area contributed by atoms with Gasteiger partial charge < -0.3 is 4.98 Å². The second-order valence-electron chi connectivity index (χ2n) is 4.50. The minimum atomic E-state index is 0.0684. The number of benzene rings is 2. The van der Waals surface area contributed by atoms with Crippen molar-refractivity contribution in [3.05, 3.63) is 60.3 Å². The van der Waals surface area contributed by atoms with Crippen molar-refractivity contribution in [3.8, 4) is 0 Å². The number of aromatic amines is 1. The second kappa shape index (κ2) is 5.66. The fraction of sp³-hybridized carbons (Fsp3) is 0. The predicted octanol–water partition coefficient (Wildman–Crippen LogP) is 3.20. The molecule has 0 spiro atoms. The molecular weight excluding hydrogens is 268 g/mol. The number of nitrogens with one attached hydrogen (secondary N) is 2. The molecule has 0 aliphatic heterocycles. The Morgan fingerprint density at radius 2 is 1.81 bits per heavy atom. The van der Waals surface area contributed by atoms with Crippen LogP contribution in [-0.4, -0.2) is 21.6 Å². The van der Waals surface area contributed by atoms with Crippen molar-refractivity contribution in [3.63, 3.8) is 0 Å². The Labute approximate surface area is 120 Å². The average Bonchev–Trinajstić information content (AvgIpc) is 2.91. The maximum absolute atomic E-state index is 8.85. The normalized spacial score (nSPS) is 11.1. The predicted molar refractivity (Wildman–Crippen MR) is 82.0 cm³/mol. The van der Waals surface area contributed by atoms with Crippen LogP contribution in [0.3, 0.4) is 0 Å². The molecule has 4 N–H and O–H groups in total. The largest absolute Gasteiger partial charge is 0.361 e. The first kappa shape index (κ1) is 13.2. The summed E-state index contributed by atoms with van der Waals surface area (Å²) in [7, 11) is 0. The van der Waals surface area contributed by atoms with Gasteiger partial charge in [-0.05, 0) is 30.3 Å². The summed E-state index contributed by atoms with van der Waals surface area (Å²) in [6, 6.07) is 14.5. The highest BCUT2D eigenvalue weighted by Gasteiger charge is 2.00. The van der Waals surface area contributed by atoms with Gasteiger partial charge in [0.1, 0.15) is 0 Å². The van der Waals surface area contributed by atoms with Gasteiger partial charge in [0.2, 0.25) is 0 Å². The Kier molecular flexibility index (Phi) is 3.55. The summed E-state index contributed by atoms with van der Waals surface area (Å²) in [6.07, 6.45) is 3.63. The molecule has 21 heavy (non-hydrogen) atoms. The van der Waals surface area contributed by atoms with E-state index in [9.17, 15) is 0 Å². The standard InChI is InChI=1S/C15H14N4O2/c20-19(21)13-7-5-12(6-8-13)18-17-10-11-9-16-15-4-2-1-3-14(11)15/h1-10,16,18,20-21H/b17-10+. The van der Waals surface area contributed by atoms with Gasteiger partial charge in [0.25, 0.3) is 0 Å². The SMILES string of the molecule is ON(O)c1ccc(N/N=C/c2c[nH]c3ccccc23)cc1. The quantitative estimate of drug-likeness (QED) is 0.437. The highest BCUT2D eigenvalue weighted by molar-refractivity contribution is 5.99. The van der Waals surface area contributed by atoms with E-state index in [0.29, 0.717) is 0 Å². The van der Waals surface area contributed by atoms with Gasteiger partial charge in [-0.2, -0.15) is 5.10 Å². The molecule has 0 saturated heterocycles. The summed E-state index contributed by atoms with van der Waals surface area (Å²) in [5.74, 6) is 0. The summed E-state index contributed by atoms with van der Waals surface area (Å²) < 4.78 is 0. The van der Waals surface area contributed by atoms with Crippen molar-refractivity contribution < 1.29 is 10.4 Å². The topological polar surface area (TPSA) is 83.9 Å². The number of fused-ring (bicyclic) bond motifs is 1. The summed E-state index contributed by atoms with van der Waals surface area (Å²) in [6.45, 7) is 0. The maximum Gasteiger partial charge on any atom is 0.0944 e. The number of hydrogen-bond acceptors (Lipinski definition) is 5. The van der Waals surface area contributed by atoms with Crippen LogP contribution in [0.2, 0.25) is 0 Å². The number of hydrazone groups is 1. The first-order valence-electron chi connectivity index (χ1n) is 6.37. The minimum Gasteiger partial charge on any atom is -0.361 e. The lowest BCUT2D eigenvalue weighted by atomic mass is 10.2. The highest BCUT2D eigenvalue weighted by Crippen LogP contribution is 2.17. The molecule has 0 radical (unpaired) electrons. The molecule has 0 bridgehead atoms. The van der Waals surface area contributed by atoms with Crippen LogP contribution in [0, 0.1) is 0 Å². The van der Waals surface area contributed by atoms with Crippen LogP contribution in [0.5, 0.6) is 0 Å². The molecule has 0 amide bonds. The number of H-pyrrole nitrogens is 1. The third-order valence-corrected chi connectivity index (χ3v) is 3.12. The molecule has 6 nitrogen and oxygen atoms in total. The van der Waals surface area contributed by atoms with Gasteiger partial charge >= 0.3 is 0 Å². The smallest absolute Gasteiger partial charge is 0.0944 e. The number of nitrogens with zero attached hydrogens (tertiary/aromatic N) is 2. The number of rotatable bonds is 4. The Hall–Kier alpha value is -2.83. The third-order valence-electron chi connectivity index (χ3n) is 3.12. The van der Waals surface area contributed by atoms with E-state index in [2.05, 4.69) is 15.5 Å². The number of anilines is 2. The van der Waals surface area contributed by atoms with E-state index in [4.69, 9.17) is 10.4 Å². The van der Waals surface area contributed by atoms with Crippen LogP contribution < -0.4 is 10.7 Å². The van der Waals surface area contributed by atoms with E-state index in [-0.39, 0.29) is 10.9 Å². The van der Waals surface area contributed by atoms with Crippen molar-refractivity contribution in [2.75, 3.05) is 10.7 Å². The Morgan fingerprint density at radius 1 is 1.05 bits per heavy atom. The molecule has 0 aliphatic carbocycles. The molecule has 0 atom stereocenters. The molecule has 1 aromatic heterocycles. The van der Waals surface area contributed by atoms with Crippen LogP contribution in [0.25, 0.3) is 10.9 Å². The Morgan fingerprint density at radius 3 is 2.57 bits per heavy atom. The van der Waals surface area contributed by atoms with Crippen LogP contribution in [0.1, 0.15) is 5.56 Å². The molecule has 0 saturated carbocycles. The van der Waals surface area contributed by atoms with Crippen LogP contribution >= 0.6 is 0 Å². The molecule has 3 rings (SSSR count). The van der Waals surface area contributed by atoms with E-state index in [1.807, 2.05) is 30.5 Å². The summed E-state index contributed by atoms with van der Waals surface area (Å²) >= 11 is 0. The van der Waals surface area contributed by atoms with Gasteiger partial charge in [0.15, 0.2) is 0 Å². The van der Waals surface area contributed by atoms with Gasteiger partial charge in [-0.25, -0.2) is 0 Å². The third kappa shape index (κ3) is 2.86. The zero-order valence-electron chi connectivity index (χ0n) is 11.1. The number of aromatic nitrogens is 1. The lowest BCUT2D eigenvalue weighted by Crippen LogP contribution is -2.10. The first-order valence-corrected chi connectivity index (χ1v) is 6.37. The van der Waals surface area contributed by atoms with E-state index in [1.54, 1.807) is 30.5 Å². The molecule has 2 aromatic carbocycles. The second-order valence-corrected chi connectivity index (χ2v) is 4.50. The molecule has 0 unspecified atom stereocenters. The fourth-order valence-corrected chi connectivity index (χ4v) is 2.05. The van der Waals surface area contributed by atoms with Crippen molar-refractivity contribution >= 4 is 28.5 Å². The monoisotopic (exact) mass is 282 g/mol. The van der Waals surface area contributed by atoms with Gasteiger partial charge in [-0.15, -0.1) is 5.23 Å². The van der Waals surface area contributed by atoms with Gasteiger partial charge in [0.05, 0.1) is 17.6 Å². The highest BCUT2D eigenvalue weighted by atomic mass is 16.8. The number of para-hydroxylation sites is 1. The maximum atomic E-state index is 8.85. The van der Waals surface area contributed by atoms with Crippen LogP contribution in [0.4, 0.5) is 11.4 Å². The molecule has 0 aliphatic rings. The Balaban J connectivity index is 1.72. The minimum absolute atomic E-state index is 0.0684. The van der Waals surface area contributed by atoms with Crippen molar-refractivity contribution in [2.24, 2.45) is 5.10 Å². The first-order chi connectivity index (χ1) is 10.2. The molecule has 0 fully saturated rings. The number of hydrogen-bond donors (Lipinski definition) is 4. The van der Waals surface area contributed by atoms with Crippen molar-refractivity contribution in [1.29, 1.82) is 0 Å². The summed E-state index contributed by atoms with van der Waals surface area (Å²) in [5, 5.41) is 23.1. The van der Waals surface area contributed by atoms with Gasteiger partial charge in [0, 0.05) is 22.7 Å². The van der Waals surface area contributed by atoms with Crippen molar-refractivity contribution in [2.45, 2.75) is 0 Å². The molecule has 1 heterocycles. The van der Waals surface area contributed by atoms with E-state index < -0.39 is 0 Å². The summed E-state index contributed by atoms with van der Waals surface area (Å²) in [4.78, 5) is 3.18. The van der Waals surface area contributed by atoms with Crippen molar-refractivity contribution in [1.82, 2.24) is 4.98 Å². The molecule has 106 valence electrons. The van der Waals surface area contributed by atoms with E-state index in [1.165, 1.54) is 0 Å². The van der Waals surface area contributed by atoms with E-state index in [0.717, 1.165) is 22.2 Å². The van der Waals surface area contributed by atoms with E-state index >= 15 is 0 Å². The molecular formula is C15H14N4O2. The van der Waals surface area contributed by atoms with Crippen LogP contribution in [0.15, 0.2) is 59.8 Å². The lowest BCUT2D eigenvalue weighted by molar-refractivity contribution is 0.0292. The zero-order valence-corrected chi connectivity index (χ0v) is 11.1. The average molecular weight is 282 g/mol. The summed E-state index contributed by atoms with van der Waals surface area (Å²) in [5.41, 5.74) is 5.97. The zero-order chi connectivity index (χ0) is 14.7. The van der Waals surface area contributed by atoms with Gasteiger partial charge in [-0.3, -0.25) is 15.8 Å². The Bertz CT molecular complexity index is 763. The fourth-order valence-electron chi connectivity index (χ4n) is 2.05. The molecule has 6 heteroatoms. The van der Waals surface area contributed by atoms with Gasteiger partial charge in [-0.1, -0.05) is 18.2 Å².